The normalized spacial score (nSPS) is 17.1. The van der Waals surface area contributed by atoms with Gasteiger partial charge in [-0.1, -0.05) is 23.7 Å². The minimum absolute atomic E-state index is 0.0789. The van der Waals surface area contributed by atoms with Crippen molar-refractivity contribution in [1.82, 2.24) is 4.90 Å². The lowest BCUT2D eigenvalue weighted by Crippen LogP contribution is -2.32. The van der Waals surface area contributed by atoms with Crippen LogP contribution in [0.4, 0.5) is 5.69 Å². The topological polar surface area (TPSA) is 58.6 Å². The van der Waals surface area contributed by atoms with Crippen molar-refractivity contribution in [3.63, 3.8) is 0 Å². The molecule has 0 saturated carbocycles. The van der Waals surface area contributed by atoms with Crippen LogP contribution in [0.25, 0.3) is 0 Å². The van der Waals surface area contributed by atoms with E-state index in [1.165, 1.54) is 7.11 Å². The fourth-order valence-corrected chi connectivity index (χ4v) is 3.50. The van der Waals surface area contributed by atoms with Crippen LogP contribution in [-0.2, 0) is 9.53 Å². The number of likely N-dealkylation sites (tertiary alicyclic amines) is 1. The molecule has 6 heteroatoms. The molecule has 3 rings (SSSR count). The number of methoxy groups -OCH3 is 1. The van der Waals surface area contributed by atoms with Crippen molar-refractivity contribution < 1.29 is 14.3 Å². The zero-order valence-corrected chi connectivity index (χ0v) is 15.3. The fraction of sp³-hybridized carbons (Fsp3) is 0.300. The smallest absolute Gasteiger partial charge is 0.337 e. The van der Waals surface area contributed by atoms with E-state index in [1.54, 1.807) is 24.3 Å². The summed E-state index contributed by atoms with van der Waals surface area (Å²) in [4.78, 5) is 26.0. The molecule has 1 atom stereocenters. The molecule has 1 fully saturated rings. The summed E-state index contributed by atoms with van der Waals surface area (Å²) in [5, 5.41) is 3.59. The van der Waals surface area contributed by atoms with Crippen LogP contribution in [0.15, 0.2) is 48.5 Å². The Balaban J connectivity index is 1.61. The van der Waals surface area contributed by atoms with Gasteiger partial charge in [-0.05, 0) is 61.3 Å². The Morgan fingerprint density at radius 1 is 1.23 bits per heavy atom. The second kappa shape index (κ2) is 8.34. The van der Waals surface area contributed by atoms with E-state index in [9.17, 15) is 9.59 Å². The van der Waals surface area contributed by atoms with E-state index in [0.29, 0.717) is 22.8 Å². The van der Waals surface area contributed by atoms with Crippen LogP contribution in [-0.4, -0.2) is 37.0 Å². The molecule has 2 aromatic rings. The van der Waals surface area contributed by atoms with E-state index >= 15 is 0 Å². The summed E-state index contributed by atoms with van der Waals surface area (Å²) >= 11 is 6.10. The monoisotopic (exact) mass is 372 g/mol. The molecular weight excluding hydrogens is 352 g/mol. The van der Waals surface area contributed by atoms with Crippen molar-refractivity contribution in [2.75, 3.05) is 25.5 Å². The summed E-state index contributed by atoms with van der Waals surface area (Å²) in [5.41, 5.74) is 2.25. The molecule has 2 aromatic carbocycles. The lowest BCUT2D eigenvalue weighted by Gasteiger charge is -2.24. The van der Waals surface area contributed by atoms with Crippen LogP contribution in [0.5, 0.6) is 0 Å². The zero-order valence-electron chi connectivity index (χ0n) is 14.6. The molecule has 0 aromatic heterocycles. The minimum atomic E-state index is -0.399. The van der Waals surface area contributed by atoms with E-state index in [4.69, 9.17) is 11.6 Å². The molecule has 1 amide bonds. The number of amides is 1. The largest absolute Gasteiger partial charge is 0.465 e. The lowest BCUT2D eigenvalue weighted by atomic mass is 10.0. The van der Waals surface area contributed by atoms with Crippen LogP contribution in [0.2, 0.25) is 5.02 Å². The number of hydrogen-bond donors (Lipinski definition) is 1. The van der Waals surface area contributed by atoms with Gasteiger partial charge in [0.15, 0.2) is 0 Å². The Morgan fingerprint density at radius 2 is 2.00 bits per heavy atom. The summed E-state index contributed by atoms with van der Waals surface area (Å²) in [5.74, 6) is -0.478. The number of carbonyl (C=O) groups excluding carboxylic acids is 2. The lowest BCUT2D eigenvalue weighted by molar-refractivity contribution is -0.117. The maximum absolute atomic E-state index is 12.4. The molecule has 1 saturated heterocycles. The van der Waals surface area contributed by atoms with E-state index in [0.717, 1.165) is 24.9 Å². The van der Waals surface area contributed by atoms with E-state index in [-0.39, 0.29) is 11.9 Å². The first-order valence-electron chi connectivity index (χ1n) is 8.54. The van der Waals surface area contributed by atoms with Gasteiger partial charge in [0.1, 0.15) is 0 Å². The molecule has 26 heavy (non-hydrogen) atoms. The number of carbonyl (C=O) groups is 2. The van der Waals surface area contributed by atoms with Crippen molar-refractivity contribution in [2.45, 2.75) is 18.9 Å². The van der Waals surface area contributed by atoms with Gasteiger partial charge in [-0.15, -0.1) is 0 Å². The third-order valence-electron chi connectivity index (χ3n) is 4.53. The number of nitrogens with one attached hydrogen (secondary N) is 1. The van der Waals surface area contributed by atoms with Crippen molar-refractivity contribution in [3.05, 3.63) is 64.7 Å². The highest BCUT2D eigenvalue weighted by molar-refractivity contribution is 6.30. The van der Waals surface area contributed by atoms with E-state index < -0.39 is 5.97 Å². The number of halogens is 1. The minimum Gasteiger partial charge on any atom is -0.465 e. The number of ether oxygens (including phenoxy) is 1. The first-order chi connectivity index (χ1) is 12.6. The van der Waals surface area contributed by atoms with Crippen molar-refractivity contribution in [3.8, 4) is 0 Å². The molecule has 1 heterocycles. The highest BCUT2D eigenvalue weighted by Gasteiger charge is 2.27. The highest BCUT2D eigenvalue weighted by atomic mass is 35.5. The molecule has 0 aliphatic carbocycles. The van der Waals surface area contributed by atoms with E-state index in [2.05, 4.69) is 21.0 Å². The van der Waals surface area contributed by atoms with E-state index in [1.807, 2.05) is 18.2 Å². The average molecular weight is 373 g/mol. The van der Waals surface area contributed by atoms with Crippen LogP contribution in [0, 0.1) is 0 Å². The predicted octanol–water partition coefficient (Wildman–Crippen LogP) is 3.90. The Bertz CT molecular complexity index is 792. The molecule has 1 N–H and O–H groups in total. The number of benzene rings is 2. The Labute approximate surface area is 157 Å². The molecule has 1 unspecified atom stereocenters. The SMILES string of the molecule is COC(=O)c1ccc(NC(=O)CN2CCCC2c2cccc(Cl)c2)cc1. The molecule has 0 spiro atoms. The maximum atomic E-state index is 12.4. The summed E-state index contributed by atoms with van der Waals surface area (Å²) in [6.07, 6.45) is 2.07. The summed E-state index contributed by atoms with van der Waals surface area (Å²) < 4.78 is 4.67. The average Bonchev–Trinajstić information content (AvgIpc) is 3.09. The van der Waals surface area contributed by atoms with Crippen LogP contribution >= 0.6 is 11.6 Å². The Hall–Kier alpha value is -2.37. The highest BCUT2D eigenvalue weighted by Crippen LogP contribution is 2.32. The molecule has 0 bridgehead atoms. The predicted molar refractivity (Wildman–Crippen MR) is 101 cm³/mol. The second-order valence-corrected chi connectivity index (χ2v) is 6.74. The number of anilines is 1. The van der Waals surface area contributed by atoms with Crippen LogP contribution in [0.3, 0.4) is 0 Å². The third kappa shape index (κ3) is 4.42. The molecular formula is C20H21ClN2O3. The Kier molecular flexibility index (Phi) is 5.91. The Morgan fingerprint density at radius 3 is 2.69 bits per heavy atom. The van der Waals surface area contributed by atoms with Crippen molar-refractivity contribution in [1.29, 1.82) is 0 Å². The standard InChI is InChI=1S/C20H21ClN2O3/c1-26-20(25)14-7-9-17(10-8-14)22-19(24)13-23-11-3-6-18(23)15-4-2-5-16(21)12-15/h2,4-5,7-10,12,18H,3,6,11,13H2,1H3,(H,22,24). The maximum Gasteiger partial charge on any atom is 0.337 e. The molecule has 5 nitrogen and oxygen atoms in total. The van der Waals surface area contributed by atoms with Gasteiger partial charge in [0.05, 0.1) is 19.2 Å². The molecule has 1 aliphatic heterocycles. The van der Waals surface area contributed by atoms with Gasteiger partial charge in [0, 0.05) is 16.8 Å². The second-order valence-electron chi connectivity index (χ2n) is 6.30. The van der Waals surface area contributed by atoms with Gasteiger partial charge >= 0.3 is 5.97 Å². The fourth-order valence-electron chi connectivity index (χ4n) is 3.30. The molecule has 1 aliphatic rings. The zero-order chi connectivity index (χ0) is 18.5. The quantitative estimate of drug-likeness (QED) is 0.808. The van der Waals surface area contributed by atoms with Gasteiger partial charge in [-0.2, -0.15) is 0 Å². The summed E-state index contributed by atoms with van der Waals surface area (Å²) in [7, 11) is 1.34. The van der Waals surface area contributed by atoms with Crippen LogP contribution < -0.4 is 5.32 Å². The van der Waals surface area contributed by atoms with Crippen molar-refractivity contribution in [2.24, 2.45) is 0 Å². The third-order valence-corrected chi connectivity index (χ3v) is 4.77. The number of rotatable bonds is 5. The van der Waals surface area contributed by atoms with Crippen molar-refractivity contribution >= 4 is 29.2 Å². The first kappa shape index (κ1) is 18.4. The van der Waals surface area contributed by atoms with Gasteiger partial charge in [0.2, 0.25) is 5.91 Å². The number of nitrogens with zero attached hydrogens (tertiary/aromatic N) is 1. The molecule has 0 radical (unpaired) electrons. The number of hydrogen-bond acceptors (Lipinski definition) is 4. The van der Waals surface area contributed by atoms with Gasteiger partial charge < -0.3 is 10.1 Å². The molecule has 136 valence electrons. The van der Waals surface area contributed by atoms with Gasteiger partial charge in [0.25, 0.3) is 0 Å². The first-order valence-corrected chi connectivity index (χ1v) is 8.92. The van der Waals surface area contributed by atoms with Crippen LogP contribution in [0.1, 0.15) is 34.8 Å². The van der Waals surface area contributed by atoms with Gasteiger partial charge in [-0.25, -0.2) is 4.79 Å². The van der Waals surface area contributed by atoms with Gasteiger partial charge in [-0.3, -0.25) is 9.69 Å². The summed E-state index contributed by atoms with van der Waals surface area (Å²) in [6.45, 7) is 1.20. The number of esters is 1. The summed E-state index contributed by atoms with van der Waals surface area (Å²) in [6, 6.07) is 14.7.